The molecule has 2 aromatic carbocycles. The number of hydrogen-bond acceptors (Lipinski definition) is 5. The van der Waals surface area contributed by atoms with Gasteiger partial charge >= 0.3 is 0 Å². The molecule has 2 aliphatic heterocycles. The monoisotopic (exact) mass is 495 g/mol. The largest absolute Gasteiger partial charge is 0.339 e. The number of amides is 1. The molecule has 0 spiro atoms. The van der Waals surface area contributed by atoms with E-state index in [1.54, 1.807) is 10.4 Å². The second kappa shape index (κ2) is 9.37. The fraction of sp³-hybridized carbons (Fsp3) is 0.462. The molecule has 0 radical (unpaired) electrons. The normalized spacial score (nSPS) is 18.0. The van der Waals surface area contributed by atoms with Crippen LogP contribution in [0.25, 0.3) is 11.0 Å². The highest BCUT2D eigenvalue weighted by molar-refractivity contribution is 7.89. The Balaban J connectivity index is 1.27. The van der Waals surface area contributed by atoms with Crippen LogP contribution in [0.1, 0.15) is 40.2 Å². The molecule has 0 N–H and O–H groups in total. The number of rotatable bonds is 5. The van der Waals surface area contributed by atoms with Gasteiger partial charge in [0.2, 0.25) is 10.0 Å². The zero-order valence-electron chi connectivity index (χ0n) is 20.7. The van der Waals surface area contributed by atoms with E-state index >= 15 is 0 Å². The van der Waals surface area contributed by atoms with Crippen LogP contribution >= 0.6 is 0 Å². The summed E-state index contributed by atoms with van der Waals surface area (Å²) >= 11 is 0. The highest BCUT2D eigenvalue weighted by Crippen LogP contribution is 2.24. The van der Waals surface area contributed by atoms with Crippen LogP contribution < -0.4 is 0 Å². The van der Waals surface area contributed by atoms with E-state index in [0.29, 0.717) is 43.2 Å². The van der Waals surface area contributed by atoms with E-state index in [0.717, 1.165) is 53.9 Å². The third-order valence-corrected chi connectivity index (χ3v) is 9.32. The number of nitrogens with zero attached hydrogens (tertiary/aromatic N) is 5. The minimum Gasteiger partial charge on any atom is -0.339 e. The van der Waals surface area contributed by atoms with E-state index < -0.39 is 10.0 Å². The molecule has 5 rings (SSSR count). The van der Waals surface area contributed by atoms with Crippen molar-refractivity contribution in [2.24, 2.45) is 7.05 Å². The number of carbonyl (C=O) groups is 1. The summed E-state index contributed by atoms with van der Waals surface area (Å²) < 4.78 is 30.1. The molecule has 186 valence electrons. The third kappa shape index (κ3) is 4.60. The molecule has 1 amide bonds. The van der Waals surface area contributed by atoms with Gasteiger partial charge in [-0.3, -0.25) is 9.69 Å². The van der Waals surface area contributed by atoms with E-state index in [4.69, 9.17) is 4.98 Å². The summed E-state index contributed by atoms with van der Waals surface area (Å²) in [5, 5.41) is 0. The SMILES string of the molecule is Cc1ccc(S(=O)(=O)N2CCN(Cc3nc4cc(C(=O)N5CCCC5)ccc4n3C)CC2)c(C)c1. The van der Waals surface area contributed by atoms with E-state index in [1.165, 1.54) is 0 Å². The minimum absolute atomic E-state index is 0.0812. The quantitative estimate of drug-likeness (QED) is 0.544. The molecular weight excluding hydrogens is 462 g/mol. The maximum Gasteiger partial charge on any atom is 0.253 e. The van der Waals surface area contributed by atoms with Gasteiger partial charge in [0.05, 0.1) is 22.5 Å². The van der Waals surface area contributed by atoms with E-state index in [1.807, 2.05) is 56.1 Å². The molecule has 2 aliphatic rings. The fourth-order valence-corrected chi connectivity index (χ4v) is 6.81. The lowest BCUT2D eigenvalue weighted by Crippen LogP contribution is -2.48. The number of imidazole rings is 1. The summed E-state index contributed by atoms with van der Waals surface area (Å²) in [5.74, 6) is 0.995. The lowest BCUT2D eigenvalue weighted by molar-refractivity contribution is 0.0793. The van der Waals surface area contributed by atoms with Crippen molar-refractivity contribution in [2.45, 2.75) is 38.1 Å². The van der Waals surface area contributed by atoms with Crippen LogP contribution in [-0.2, 0) is 23.6 Å². The molecule has 0 saturated carbocycles. The first-order valence-electron chi connectivity index (χ1n) is 12.3. The van der Waals surface area contributed by atoms with Gasteiger partial charge in [-0.05, 0) is 56.5 Å². The molecular formula is C26H33N5O3S. The summed E-state index contributed by atoms with van der Waals surface area (Å²) in [6.45, 7) is 8.31. The van der Waals surface area contributed by atoms with Crippen LogP contribution in [0.15, 0.2) is 41.3 Å². The highest BCUT2D eigenvalue weighted by atomic mass is 32.2. The lowest BCUT2D eigenvalue weighted by atomic mass is 10.2. The molecule has 0 atom stereocenters. The maximum absolute atomic E-state index is 13.2. The summed E-state index contributed by atoms with van der Waals surface area (Å²) in [6, 6.07) is 11.3. The Morgan fingerprint density at radius 2 is 1.66 bits per heavy atom. The van der Waals surface area contributed by atoms with Crippen LogP contribution in [0.5, 0.6) is 0 Å². The number of hydrogen-bond donors (Lipinski definition) is 0. The third-order valence-electron chi connectivity index (χ3n) is 7.26. The summed E-state index contributed by atoms with van der Waals surface area (Å²) in [4.78, 5) is 22.2. The van der Waals surface area contributed by atoms with Crippen molar-refractivity contribution in [1.82, 2.24) is 23.7 Å². The predicted octanol–water partition coefficient (Wildman–Crippen LogP) is 2.93. The van der Waals surface area contributed by atoms with Gasteiger partial charge in [-0.15, -0.1) is 0 Å². The molecule has 2 fully saturated rings. The number of sulfonamides is 1. The van der Waals surface area contributed by atoms with E-state index in [-0.39, 0.29) is 5.91 Å². The number of carbonyl (C=O) groups excluding carboxylic acids is 1. The van der Waals surface area contributed by atoms with E-state index in [2.05, 4.69) is 9.47 Å². The Morgan fingerprint density at radius 3 is 2.34 bits per heavy atom. The number of benzene rings is 2. The highest BCUT2D eigenvalue weighted by Gasteiger charge is 2.30. The summed E-state index contributed by atoms with van der Waals surface area (Å²) in [7, 11) is -1.51. The average molecular weight is 496 g/mol. The first kappa shape index (κ1) is 24.0. The maximum atomic E-state index is 13.2. The zero-order valence-corrected chi connectivity index (χ0v) is 21.5. The van der Waals surface area contributed by atoms with Gasteiger partial charge in [0.1, 0.15) is 5.82 Å². The molecule has 0 unspecified atom stereocenters. The number of likely N-dealkylation sites (tertiary alicyclic amines) is 1. The van der Waals surface area contributed by atoms with Crippen molar-refractivity contribution in [1.29, 1.82) is 0 Å². The van der Waals surface area contributed by atoms with Gasteiger partial charge in [0.15, 0.2) is 0 Å². The number of aromatic nitrogens is 2. The Hall–Kier alpha value is -2.75. The van der Waals surface area contributed by atoms with Crippen molar-refractivity contribution in [3.05, 3.63) is 58.9 Å². The first-order chi connectivity index (χ1) is 16.7. The minimum atomic E-state index is -3.50. The Bertz CT molecular complexity index is 1370. The predicted molar refractivity (Wildman–Crippen MR) is 136 cm³/mol. The number of aryl methyl sites for hydroxylation is 3. The van der Waals surface area contributed by atoms with Crippen LogP contribution in [0.4, 0.5) is 0 Å². The van der Waals surface area contributed by atoms with Crippen molar-refractivity contribution < 1.29 is 13.2 Å². The smallest absolute Gasteiger partial charge is 0.253 e. The van der Waals surface area contributed by atoms with Crippen molar-refractivity contribution in [3.63, 3.8) is 0 Å². The van der Waals surface area contributed by atoms with Gasteiger partial charge in [-0.25, -0.2) is 13.4 Å². The van der Waals surface area contributed by atoms with Gasteiger partial charge in [-0.2, -0.15) is 4.31 Å². The number of fused-ring (bicyclic) bond motifs is 1. The first-order valence-corrected chi connectivity index (χ1v) is 13.7. The standard InChI is InChI=1S/C26H33N5O3S/c1-19-6-9-24(20(2)16-19)35(33,34)31-14-12-29(13-15-31)18-25-27-22-17-21(7-8-23(22)28(25)3)26(32)30-10-4-5-11-30/h6-9,16-17H,4-5,10-15,18H2,1-3H3. The van der Waals surface area contributed by atoms with Gasteiger partial charge in [0.25, 0.3) is 5.91 Å². The van der Waals surface area contributed by atoms with Crippen LogP contribution in [0.2, 0.25) is 0 Å². The van der Waals surface area contributed by atoms with Gasteiger partial charge < -0.3 is 9.47 Å². The molecule has 3 heterocycles. The second-order valence-corrected chi connectivity index (χ2v) is 11.6. The molecule has 3 aromatic rings. The van der Waals surface area contributed by atoms with Crippen LogP contribution in [0.3, 0.4) is 0 Å². The lowest BCUT2D eigenvalue weighted by Gasteiger charge is -2.34. The molecule has 9 heteroatoms. The molecule has 35 heavy (non-hydrogen) atoms. The Kier molecular flexibility index (Phi) is 6.41. The van der Waals surface area contributed by atoms with Crippen molar-refractivity contribution in [2.75, 3.05) is 39.3 Å². The topological polar surface area (TPSA) is 78.8 Å². The van der Waals surface area contributed by atoms with E-state index in [9.17, 15) is 13.2 Å². The van der Waals surface area contributed by atoms with Gasteiger partial charge in [-0.1, -0.05) is 17.7 Å². The molecule has 8 nitrogen and oxygen atoms in total. The Morgan fingerprint density at radius 1 is 0.943 bits per heavy atom. The van der Waals surface area contributed by atoms with Crippen molar-refractivity contribution >= 4 is 27.0 Å². The second-order valence-electron chi connectivity index (χ2n) is 9.74. The Labute approximate surface area is 207 Å². The molecule has 0 aliphatic carbocycles. The fourth-order valence-electron chi connectivity index (χ4n) is 5.18. The molecule has 0 bridgehead atoms. The van der Waals surface area contributed by atoms with Crippen LogP contribution in [0, 0.1) is 13.8 Å². The molecule has 2 saturated heterocycles. The average Bonchev–Trinajstić information content (AvgIpc) is 3.47. The number of piperazine rings is 1. The van der Waals surface area contributed by atoms with Gasteiger partial charge in [0, 0.05) is 51.9 Å². The van der Waals surface area contributed by atoms with Crippen molar-refractivity contribution in [3.8, 4) is 0 Å². The van der Waals surface area contributed by atoms with Crippen LogP contribution in [-0.4, -0.2) is 77.2 Å². The zero-order chi connectivity index (χ0) is 24.7. The molecule has 1 aromatic heterocycles. The summed E-state index contributed by atoms with van der Waals surface area (Å²) in [6.07, 6.45) is 2.14. The summed E-state index contributed by atoms with van der Waals surface area (Å²) in [5.41, 5.74) is 4.35.